The number of para-hydroxylation sites is 1. The number of hydrogen-bond donors (Lipinski definition) is 0. The molecule has 0 spiro atoms. The molecule has 0 radical (unpaired) electrons. The Morgan fingerprint density at radius 3 is 2.81 bits per heavy atom. The van der Waals surface area contributed by atoms with Gasteiger partial charge in [0.2, 0.25) is 5.91 Å². The molecule has 3 aromatic rings. The van der Waals surface area contributed by atoms with Crippen LogP contribution >= 0.6 is 11.3 Å². The van der Waals surface area contributed by atoms with Crippen molar-refractivity contribution >= 4 is 33.5 Å². The first-order chi connectivity index (χ1) is 13.2. The van der Waals surface area contributed by atoms with Crippen LogP contribution in [0.1, 0.15) is 34.9 Å². The van der Waals surface area contributed by atoms with Crippen LogP contribution in [-0.2, 0) is 4.79 Å². The van der Waals surface area contributed by atoms with Gasteiger partial charge in [-0.25, -0.2) is 4.98 Å². The van der Waals surface area contributed by atoms with Gasteiger partial charge >= 0.3 is 0 Å². The van der Waals surface area contributed by atoms with Crippen molar-refractivity contribution in [3.8, 4) is 6.07 Å². The third-order valence-corrected chi connectivity index (χ3v) is 6.05. The van der Waals surface area contributed by atoms with E-state index >= 15 is 0 Å². The van der Waals surface area contributed by atoms with Gasteiger partial charge < -0.3 is 4.90 Å². The summed E-state index contributed by atoms with van der Waals surface area (Å²) in [6.07, 6.45) is 5.51. The van der Waals surface area contributed by atoms with Crippen LogP contribution in [0.4, 0.5) is 0 Å². The lowest BCUT2D eigenvalue weighted by molar-refractivity contribution is -0.127. The van der Waals surface area contributed by atoms with Crippen molar-refractivity contribution in [3.63, 3.8) is 0 Å². The summed E-state index contributed by atoms with van der Waals surface area (Å²) in [4.78, 5) is 19.3. The molecule has 134 valence electrons. The average molecular weight is 373 g/mol. The van der Waals surface area contributed by atoms with Crippen LogP contribution in [0.2, 0.25) is 0 Å². The van der Waals surface area contributed by atoms with Gasteiger partial charge in [0.25, 0.3) is 0 Å². The Balaban J connectivity index is 1.44. The molecule has 0 N–H and O–H groups in total. The zero-order valence-electron chi connectivity index (χ0n) is 14.8. The van der Waals surface area contributed by atoms with E-state index in [4.69, 9.17) is 10.2 Å². The molecule has 1 aliphatic heterocycles. The highest BCUT2D eigenvalue weighted by molar-refractivity contribution is 7.18. The van der Waals surface area contributed by atoms with Crippen LogP contribution in [0.5, 0.6) is 0 Å². The second-order valence-corrected chi connectivity index (χ2v) is 7.77. The summed E-state index contributed by atoms with van der Waals surface area (Å²) >= 11 is 1.74. The molecule has 0 saturated carbocycles. The molecule has 1 saturated heterocycles. The van der Waals surface area contributed by atoms with Crippen molar-refractivity contribution < 1.29 is 4.79 Å². The summed E-state index contributed by atoms with van der Waals surface area (Å²) in [6, 6.07) is 17.5. The molecule has 2 aromatic carbocycles. The fourth-order valence-electron chi connectivity index (χ4n) is 3.39. The van der Waals surface area contributed by atoms with E-state index in [9.17, 15) is 4.79 Å². The van der Waals surface area contributed by atoms with Crippen molar-refractivity contribution in [1.29, 1.82) is 5.26 Å². The molecule has 0 unspecified atom stereocenters. The largest absolute Gasteiger partial charge is 0.338 e. The van der Waals surface area contributed by atoms with Gasteiger partial charge in [-0.2, -0.15) is 5.26 Å². The van der Waals surface area contributed by atoms with E-state index in [2.05, 4.69) is 12.1 Å². The number of thiazole rings is 1. The molecule has 1 amide bonds. The van der Waals surface area contributed by atoms with Gasteiger partial charge in [0.1, 0.15) is 0 Å². The zero-order valence-corrected chi connectivity index (χ0v) is 15.7. The first-order valence-corrected chi connectivity index (χ1v) is 9.87. The van der Waals surface area contributed by atoms with Crippen molar-refractivity contribution in [2.24, 2.45) is 0 Å². The molecule has 1 fully saturated rings. The van der Waals surface area contributed by atoms with Crippen molar-refractivity contribution in [1.82, 2.24) is 9.88 Å². The maximum atomic E-state index is 12.6. The highest BCUT2D eigenvalue weighted by atomic mass is 32.1. The van der Waals surface area contributed by atoms with E-state index in [-0.39, 0.29) is 5.91 Å². The Morgan fingerprint density at radius 2 is 2.04 bits per heavy atom. The van der Waals surface area contributed by atoms with E-state index in [1.54, 1.807) is 29.5 Å². The number of nitrogens with zero attached hydrogens (tertiary/aromatic N) is 3. The topological polar surface area (TPSA) is 57.0 Å². The Bertz CT molecular complexity index is 997. The fraction of sp³-hybridized carbons (Fsp3) is 0.227. The average Bonchev–Trinajstić information content (AvgIpc) is 3.17. The molecular formula is C22H19N3OS. The van der Waals surface area contributed by atoms with Crippen molar-refractivity contribution in [2.75, 3.05) is 13.1 Å². The van der Waals surface area contributed by atoms with Gasteiger partial charge in [-0.3, -0.25) is 4.79 Å². The van der Waals surface area contributed by atoms with E-state index < -0.39 is 0 Å². The van der Waals surface area contributed by atoms with E-state index in [1.165, 1.54) is 4.70 Å². The van der Waals surface area contributed by atoms with Gasteiger partial charge in [-0.1, -0.05) is 24.3 Å². The summed E-state index contributed by atoms with van der Waals surface area (Å²) in [5.41, 5.74) is 2.58. The smallest absolute Gasteiger partial charge is 0.246 e. The SMILES string of the molecule is N#Cc1ccc(/C=C/C(=O)N2CCC[C@H](c3nc4ccccc4s3)C2)cc1. The Morgan fingerprint density at radius 1 is 1.22 bits per heavy atom. The second-order valence-electron chi connectivity index (χ2n) is 6.71. The minimum absolute atomic E-state index is 0.0326. The van der Waals surface area contributed by atoms with Crippen LogP contribution in [0.25, 0.3) is 16.3 Å². The number of carbonyl (C=O) groups excluding carboxylic acids is 1. The van der Waals surface area contributed by atoms with Crippen molar-refractivity contribution in [3.05, 3.63) is 70.7 Å². The molecule has 1 aromatic heterocycles. The number of fused-ring (bicyclic) bond motifs is 1. The summed E-state index contributed by atoms with van der Waals surface area (Å²) in [5, 5.41) is 9.98. The summed E-state index contributed by atoms with van der Waals surface area (Å²) in [5.74, 6) is 0.341. The van der Waals surface area contributed by atoms with Crippen LogP contribution in [0, 0.1) is 11.3 Å². The predicted molar refractivity (Wildman–Crippen MR) is 108 cm³/mol. The lowest BCUT2D eigenvalue weighted by atomic mass is 9.98. The van der Waals surface area contributed by atoms with Crippen LogP contribution < -0.4 is 0 Å². The molecule has 2 heterocycles. The van der Waals surface area contributed by atoms with Gasteiger partial charge in [0.15, 0.2) is 0 Å². The van der Waals surface area contributed by atoms with Crippen LogP contribution in [-0.4, -0.2) is 28.9 Å². The number of rotatable bonds is 3. The van der Waals surface area contributed by atoms with Gasteiger partial charge in [0, 0.05) is 25.1 Å². The third-order valence-electron chi connectivity index (χ3n) is 4.85. The number of likely N-dealkylation sites (tertiary alicyclic amines) is 1. The fourth-order valence-corrected chi connectivity index (χ4v) is 4.48. The normalized spacial score (nSPS) is 17.3. The minimum atomic E-state index is 0.0326. The standard InChI is InChI=1S/C22H19N3OS/c23-14-17-9-7-16(8-10-17)11-12-21(26)25-13-3-4-18(15-25)22-24-19-5-1-2-6-20(19)27-22/h1-2,5-12,18H,3-4,13,15H2/b12-11+/t18-/m0/s1. The molecule has 5 heteroatoms. The minimum Gasteiger partial charge on any atom is -0.338 e. The monoisotopic (exact) mass is 373 g/mol. The number of piperidine rings is 1. The summed E-state index contributed by atoms with van der Waals surface area (Å²) in [7, 11) is 0. The third kappa shape index (κ3) is 3.91. The highest BCUT2D eigenvalue weighted by Crippen LogP contribution is 2.33. The number of benzene rings is 2. The second kappa shape index (κ2) is 7.73. The lowest BCUT2D eigenvalue weighted by Crippen LogP contribution is -2.38. The first kappa shape index (κ1) is 17.4. The molecule has 4 nitrogen and oxygen atoms in total. The Kier molecular flexibility index (Phi) is 4.99. The first-order valence-electron chi connectivity index (χ1n) is 9.05. The lowest BCUT2D eigenvalue weighted by Gasteiger charge is -2.31. The molecule has 0 aliphatic carbocycles. The summed E-state index contributed by atoms with van der Waals surface area (Å²) in [6.45, 7) is 1.51. The molecule has 1 atom stereocenters. The predicted octanol–water partition coefficient (Wildman–Crippen LogP) is 4.59. The van der Waals surface area contributed by atoms with Crippen molar-refractivity contribution in [2.45, 2.75) is 18.8 Å². The Hall–Kier alpha value is -2.97. The molecule has 0 bridgehead atoms. The van der Waals surface area contributed by atoms with Gasteiger partial charge in [-0.15, -0.1) is 11.3 Å². The maximum Gasteiger partial charge on any atom is 0.246 e. The van der Waals surface area contributed by atoms with Gasteiger partial charge in [0.05, 0.1) is 26.9 Å². The molecule has 1 aliphatic rings. The molecule has 4 rings (SSSR count). The number of hydrogen-bond acceptors (Lipinski definition) is 4. The number of aromatic nitrogens is 1. The zero-order chi connectivity index (χ0) is 18.6. The quantitative estimate of drug-likeness (QED) is 0.631. The van der Waals surface area contributed by atoms with Crippen LogP contribution in [0.15, 0.2) is 54.6 Å². The molecular weight excluding hydrogens is 354 g/mol. The number of amides is 1. The maximum absolute atomic E-state index is 12.6. The van der Waals surface area contributed by atoms with Crippen LogP contribution in [0.3, 0.4) is 0 Å². The highest BCUT2D eigenvalue weighted by Gasteiger charge is 2.25. The Labute approximate surface area is 162 Å². The summed E-state index contributed by atoms with van der Waals surface area (Å²) < 4.78 is 1.21. The van der Waals surface area contributed by atoms with E-state index in [0.717, 1.165) is 42.0 Å². The van der Waals surface area contributed by atoms with Gasteiger partial charge in [-0.05, 0) is 48.7 Å². The number of nitriles is 1. The number of carbonyl (C=O) groups is 1. The molecule has 27 heavy (non-hydrogen) atoms. The van der Waals surface area contributed by atoms with E-state index in [1.807, 2.05) is 41.3 Å². The van der Waals surface area contributed by atoms with E-state index in [0.29, 0.717) is 11.5 Å².